The molecule has 2 aromatic carbocycles. The van der Waals surface area contributed by atoms with Crippen molar-refractivity contribution in [2.45, 2.75) is 13.0 Å². The number of methoxy groups -OCH3 is 2. The summed E-state index contributed by atoms with van der Waals surface area (Å²) in [4.78, 5) is 27.0. The van der Waals surface area contributed by atoms with Crippen LogP contribution < -0.4 is 31.0 Å². The standard InChI is InChI=1S/C24H23FN8O5/c1-12(34)38-17-9-13(6-7-15(17)22(26)27)29-21(16-10-14(36-2)11-18(37-3)20(16)25)23-30-24(35)33(32-23)19-5-4-8-28-31-19/h4-11,21,29H,1-3H3,(H3,26,27)(H,30,32,35). The van der Waals surface area contributed by atoms with Gasteiger partial charge in [0.1, 0.15) is 23.4 Å². The largest absolute Gasteiger partial charge is 0.497 e. The van der Waals surface area contributed by atoms with Gasteiger partial charge in [0.05, 0.1) is 19.8 Å². The van der Waals surface area contributed by atoms with E-state index in [9.17, 15) is 9.59 Å². The lowest BCUT2D eigenvalue weighted by molar-refractivity contribution is -0.131. The van der Waals surface area contributed by atoms with Crippen molar-refractivity contribution in [1.82, 2.24) is 25.0 Å². The van der Waals surface area contributed by atoms with E-state index in [1.54, 1.807) is 12.1 Å². The Morgan fingerprint density at radius 1 is 1.18 bits per heavy atom. The van der Waals surface area contributed by atoms with Crippen molar-refractivity contribution in [3.63, 3.8) is 0 Å². The van der Waals surface area contributed by atoms with Gasteiger partial charge >= 0.3 is 11.7 Å². The van der Waals surface area contributed by atoms with Crippen molar-refractivity contribution in [3.05, 3.63) is 81.9 Å². The summed E-state index contributed by atoms with van der Waals surface area (Å²) in [6, 6.07) is 9.22. The average Bonchev–Trinajstić information content (AvgIpc) is 3.29. The van der Waals surface area contributed by atoms with Crippen LogP contribution in [-0.2, 0) is 4.79 Å². The van der Waals surface area contributed by atoms with E-state index >= 15 is 4.39 Å². The van der Waals surface area contributed by atoms with Crippen LogP contribution in [0, 0.1) is 11.2 Å². The molecule has 2 heterocycles. The molecular weight excluding hydrogens is 499 g/mol. The third kappa shape index (κ3) is 5.28. The van der Waals surface area contributed by atoms with Crippen LogP contribution in [0.25, 0.3) is 5.82 Å². The fraction of sp³-hybridized carbons (Fsp3) is 0.167. The molecule has 196 valence electrons. The van der Waals surface area contributed by atoms with Crippen molar-refractivity contribution in [3.8, 4) is 23.1 Å². The first-order valence-corrected chi connectivity index (χ1v) is 11.0. The van der Waals surface area contributed by atoms with E-state index in [0.717, 1.165) is 4.68 Å². The third-order valence-electron chi connectivity index (χ3n) is 5.33. The Morgan fingerprint density at radius 3 is 2.61 bits per heavy atom. The normalized spacial score (nSPS) is 11.5. The van der Waals surface area contributed by atoms with Gasteiger partial charge in [-0.3, -0.25) is 15.2 Å². The minimum Gasteiger partial charge on any atom is -0.497 e. The molecule has 0 amide bonds. The van der Waals surface area contributed by atoms with Crippen LogP contribution >= 0.6 is 0 Å². The van der Waals surface area contributed by atoms with Gasteiger partial charge in [-0.05, 0) is 30.3 Å². The van der Waals surface area contributed by atoms with Gasteiger partial charge in [0.25, 0.3) is 0 Å². The fourth-order valence-corrected chi connectivity index (χ4v) is 3.64. The molecule has 0 aliphatic rings. The molecule has 0 radical (unpaired) electrons. The lowest BCUT2D eigenvalue weighted by atomic mass is 10.0. The van der Waals surface area contributed by atoms with Gasteiger partial charge in [0.15, 0.2) is 23.2 Å². The molecule has 0 aliphatic heterocycles. The topological polar surface area (TPSA) is 183 Å². The number of aromatic amines is 1. The van der Waals surface area contributed by atoms with Gasteiger partial charge in [-0.15, -0.1) is 10.2 Å². The lowest BCUT2D eigenvalue weighted by Gasteiger charge is -2.21. The number of ether oxygens (including phenoxy) is 3. The van der Waals surface area contributed by atoms with Crippen LogP contribution in [0.4, 0.5) is 10.1 Å². The Bertz CT molecular complexity index is 1550. The number of nitrogens with one attached hydrogen (secondary N) is 3. The highest BCUT2D eigenvalue weighted by Gasteiger charge is 2.27. The zero-order valence-electron chi connectivity index (χ0n) is 20.5. The van der Waals surface area contributed by atoms with Crippen molar-refractivity contribution >= 4 is 17.5 Å². The maximum absolute atomic E-state index is 15.6. The monoisotopic (exact) mass is 522 g/mol. The average molecular weight is 522 g/mol. The maximum atomic E-state index is 15.6. The molecular formula is C24H23FN8O5. The molecule has 0 bridgehead atoms. The van der Waals surface area contributed by atoms with Crippen LogP contribution in [0.2, 0.25) is 0 Å². The summed E-state index contributed by atoms with van der Waals surface area (Å²) in [7, 11) is 2.72. The van der Waals surface area contributed by atoms with Gasteiger partial charge < -0.3 is 25.3 Å². The summed E-state index contributed by atoms with van der Waals surface area (Å²) in [5.74, 6) is -1.33. The van der Waals surface area contributed by atoms with Crippen LogP contribution in [0.5, 0.6) is 17.2 Å². The highest BCUT2D eigenvalue weighted by atomic mass is 19.1. The molecule has 0 saturated heterocycles. The number of esters is 1. The second-order valence-electron chi connectivity index (χ2n) is 7.84. The predicted octanol–water partition coefficient (Wildman–Crippen LogP) is 1.92. The summed E-state index contributed by atoms with van der Waals surface area (Å²) in [6.45, 7) is 1.20. The van der Waals surface area contributed by atoms with E-state index < -0.39 is 23.5 Å². The molecule has 38 heavy (non-hydrogen) atoms. The van der Waals surface area contributed by atoms with Crippen LogP contribution in [0.15, 0.2) is 53.5 Å². The summed E-state index contributed by atoms with van der Waals surface area (Å²) in [5, 5.41) is 22.8. The smallest absolute Gasteiger partial charge is 0.349 e. The number of hydrogen-bond acceptors (Lipinski definition) is 10. The van der Waals surface area contributed by atoms with E-state index in [1.807, 2.05) is 0 Å². The number of H-pyrrole nitrogens is 1. The second kappa shape index (κ2) is 10.8. The number of aromatic nitrogens is 5. The molecule has 4 rings (SSSR count). The number of nitrogens with two attached hydrogens (primary N) is 1. The minimum atomic E-state index is -1.11. The van der Waals surface area contributed by atoms with Gasteiger partial charge in [-0.1, -0.05) is 0 Å². The van der Waals surface area contributed by atoms with Crippen molar-refractivity contribution in [1.29, 1.82) is 5.41 Å². The van der Waals surface area contributed by atoms with Crippen molar-refractivity contribution < 1.29 is 23.4 Å². The van der Waals surface area contributed by atoms with Crippen LogP contribution in [-0.4, -0.2) is 51.0 Å². The van der Waals surface area contributed by atoms with E-state index in [2.05, 4.69) is 25.6 Å². The lowest BCUT2D eigenvalue weighted by Crippen LogP contribution is -2.18. The van der Waals surface area contributed by atoms with Crippen LogP contribution in [0.3, 0.4) is 0 Å². The maximum Gasteiger partial charge on any atom is 0.349 e. The molecule has 0 spiro atoms. The van der Waals surface area contributed by atoms with Crippen molar-refractivity contribution in [2.75, 3.05) is 19.5 Å². The van der Waals surface area contributed by atoms with Crippen LogP contribution in [0.1, 0.15) is 29.9 Å². The van der Waals surface area contributed by atoms with Gasteiger partial charge in [-0.2, -0.15) is 9.78 Å². The first kappa shape index (κ1) is 25.8. The van der Waals surface area contributed by atoms with Gasteiger partial charge in [-0.25, -0.2) is 9.18 Å². The zero-order chi connectivity index (χ0) is 27.4. The predicted molar refractivity (Wildman–Crippen MR) is 134 cm³/mol. The summed E-state index contributed by atoms with van der Waals surface area (Å²) in [5.41, 5.74) is 5.49. The molecule has 2 aromatic heterocycles. The van der Waals surface area contributed by atoms with Gasteiger partial charge in [0, 0.05) is 36.5 Å². The Morgan fingerprint density at radius 2 is 1.97 bits per heavy atom. The summed E-state index contributed by atoms with van der Waals surface area (Å²) < 4.78 is 32.3. The molecule has 0 saturated carbocycles. The molecule has 13 nitrogen and oxygen atoms in total. The summed E-state index contributed by atoms with van der Waals surface area (Å²) >= 11 is 0. The van der Waals surface area contributed by atoms with E-state index in [4.69, 9.17) is 25.4 Å². The Hall–Kier alpha value is -5.27. The second-order valence-corrected chi connectivity index (χ2v) is 7.84. The number of benzene rings is 2. The molecule has 1 atom stereocenters. The molecule has 5 N–H and O–H groups in total. The third-order valence-corrected chi connectivity index (χ3v) is 5.33. The Balaban J connectivity index is 1.88. The van der Waals surface area contributed by atoms with Crippen molar-refractivity contribution in [2.24, 2.45) is 5.73 Å². The van der Waals surface area contributed by atoms with E-state index in [-0.39, 0.29) is 45.9 Å². The first-order chi connectivity index (χ1) is 18.2. The highest BCUT2D eigenvalue weighted by Crippen LogP contribution is 2.35. The minimum absolute atomic E-state index is 0.0102. The van der Waals surface area contributed by atoms with E-state index in [1.165, 1.54) is 57.7 Å². The molecule has 0 fully saturated rings. The number of anilines is 1. The number of hydrogen-bond donors (Lipinski definition) is 4. The Labute approximate surface area is 214 Å². The molecule has 0 aliphatic carbocycles. The zero-order valence-corrected chi connectivity index (χ0v) is 20.5. The summed E-state index contributed by atoms with van der Waals surface area (Å²) in [6.07, 6.45) is 1.44. The fourth-order valence-electron chi connectivity index (χ4n) is 3.64. The number of carbonyl (C=O) groups excluding carboxylic acids is 1. The number of carbonyl (C=O) groups is 1. The molecule has 14 heteroatoms. The quantitative estimate of drug-likeness (QED) is 0.110. The number of nitrogen functional groups attached to an aromatic ring is 1. The number of rotatable bonds is 9. The number of nitrogens with zero attached hydrogens (tertiary/aromatic N) is 4. The van der Waals surface area contributed by atoms with E-state index in [0.29, 0.717) is 5.69 Å². The molecule has 4 aromatic rings. The SMILES string of the molecule is COc1cc(OC)c(F)c(C(Nc2ccc(C(=N)N)c(OC(C)=O)c2)c2nn(-c3cccnn3)c(=O)[nH]2)c1. The Kier molecular flexibility index (Phi) is 7.32. The molecule has 1 unspecified atom stereocenters. The first-order valence-electron chi connectivity index (χ1n) is 11.0. The number of amidine groups is 1. The van der Waals surface area contributed by atoms with Gasteiger partial charge in [0.2, 0.25) is 0 Å². The number of halogens is 1. The highest BCUT2D eigenvalue weighted by molar-refractivity contribution is 5.98.